The van der Waals surface area contributed by atoms with Crippen molar-refractivity contribution in [1.29, 1.82) is 0 Å². The molecule has 0 amide bonds. The summed E-state index contributed by atoms with van der Waals surface area (Å²) in [6.45, 7) is 0. The fraction of sp³-hybridized carbons (Fsp3) is 0. The van der Waals surface area contributed by atoms with Gasteiger partial charge in [-0.2, -0.15) is 36.4 Å². The Morgan fingerprint density at radius 2 is 1.43 bits per heavy atom. The zero-order valence-electron chi connectivity index (χ0n) is 3.96. The Morgan fingerprint density at radius 1 is 0.857 bits per heavy atom. The van der Waals surface area contributed by atoms with E-state index < -0.39 is 0 Å². The number of rotatable bonds is 0. The van der Waals surface area contributed by atoms with Gasteiger partial charge < -0.3 is 0 Å². The maximum Gasteiger partial charge on any atom is 0 e. The smallest absolute Gasteiger partial charge is 0 e. The van der Waals surface area contributed by atoms with Crippen LogP contribution in [0, 0.1) is 6.07 Å². The van der Waals surface area contributed by atoms with Gasteiger partial charge in [-0.1, -0.05) is 0 Å². The van der Waals surface area contributed by atoms with E-state index in [0.29, 0.717) is 0 Å². The molecular weight excluding hydrogens is 117 g/mol. The van der Waals surface area contributed by atoms with Crippen LogP contribution in [0.3, 0.4) is 0 Å². The van der Waals surface area contributed by atoms with Crippen LogP contribution in [0.2, 0.25) is 0 Å². The fourth-order valence-electron chi connectivity index (χ4n) is 0.342. The molecule has 0 aliphatic heterocycles. The summed E-state index contributed by atoms with van der Waals surface area (Å²) in [5.41, 5.74) is 0. The third kappa shape index (κ3) is 2.75. The van der Waals surface area contributed by atoms with E-state index >= 15 is 0 Å². The van der Waals surface area contributed by atoms with Crippen molar-refractivity contribution >= 4 is 0 Å². The van der Waals surface area contributed by atoms with Crippen molar-refractivity contribution in [2.45, 2.75) is 0 Å². The molecule has 0 saturated carbocycles. The van der Waals surface area contributed by atoms with Crippen molar-refractivity contribution in [2.24, 2.45) is 0 Å². The second kappa shape index (κ2) is 4.25. The van der Waals surface area contributed by atoms with Crippen LogP contribution < -0.4 is 0 Å². The summed E-state index contributed by atoms with van der Waals surface area (Å²) in [4.78, 5) is 0. The summed E-state index contributed by atoms with van der Waals surface area (Å²) < 4.78 is 0. The SMILES string of the molecule is [Sc].[c-]1ccccc1. The van der Waals surface area contributed by atoms with Gasteiger partial charge in [-0.15, -0.1) is 0 Å². The monoisotopic (exact) mass is 122 g/mol. The first-order valence-electron chi connectivity index (χ1n) is 1.91. The van der Waals surface area contributed by atoms with Gasteiger partial charge in [0.2, 0.25) is 0 Å². The molecule has 1 heteroatoms. The molecule has 0 nitrogen and oxygen atoms in total. The Bertz CT molecular complexity index is 76.1. The zero-order chi connectivity index (χ0) is 4.24. The van der Waals surface area contributed by atoms with Crippen LogP contribution in [0.1, 0.15) is 0 Å². The number of hydrogen-bond donors (Lipinski definition) is 0. The molecule has 1 rings (SSSR count). The maximum atomic E-state index is 2.89. The summed E-state index contributed by atoms with van der Waals surface area (Å²) >= 11 is 0. The summed E-state index contributed by atoms with van der Waals surface area (Å²) in [6.07, 6.45) is 0. The summed E-state index contributed by atoms with van der Waals surface area (Å²) in [5.74, 6) is 0. The normalized spacial score (nSPS) is 6.86. The topological polar surface area (TPSA) is 0 Å². The van der Waals surface area contributed by atoms with Crippen molar-refractivity contribution in [3.8, 4) is 0 Å². The van der Waals surface area contributed by atoms with Crippen LogP contribution in [0.4, 0.5) is 0 Å². The Morgan fingerprint density at radius 3 is 1.57 bits per heavy atom. The summed E-state index contributed by atoms with van der Waals surface area (Å²) in [7, 11) is 0. The van der Waals surface area contributed by atoms with E-state index in [9.17, 15) is 0 Å². The first kappa shape index (κ1) is 7.09. The Balaban J connectivity index is 0.000000360. The van der Waals surface area contributed by atoms with Crippen molar-refractivity contribution in [3.05, 3.63) is 36.4 Å². The minimum atomic E-state index is 0. The molecular formula is C6H5Sc-. The Labute approximate surface area is 62.3 Å². The van der Waals surface area contributed by atoms with Crippen molar-refractivity contribution in [1.82, 2.24) is 0 Å². The second-order valence-electron chi connectivity index (χ2n) is 1.08. The van der Waals surface area contributed by atoms with Crippen LogP contribution in [0.15, 0.2) is 30.3 Å². The first-order valence-corrected chi connectivity index (χ1v) is 1.91. The van der Waals surface area contributed by atoms with Crippen LogP contribution in [0.5, 0.6) is 0 Å². The quantitative estimate of drug-likeness (QED) is 0.457. The molecule has 0 fully saturated rings. The molecule has 0 unspecified atom stereocenters. The van der Waals surface area contributed by atoms with Gasteiger partial charge in [0, 0.05) is 25.8 Å². The molecule has 0 saturated heterocycles. The molecule has 33 valence electrons. The van der Waals surface area contributed by atoms with Gasteiger partial charge in [0.15, 0.2) is 0 Å². The Kier molecular flexibility index (Phi) is 4.31. The summed E-state index contributed by atoms with van der Waals surface area (Å²) in [5, 5.41) is 0. The number of benzene rings is 1. The molecule has 1 aromatic rings. The van der Waals surface area contributed by atoms with E-state index in [1.807, 2.05) is 30.3 Å². The van der Waals surface area contributed by atoms with Gasteiger partial charge in [0.05, 0.1) is 0 Å². The van der Waals surface area contributed by atoms with Gasteiger partial charge in [-0.3, -0.25) is 0 Å². The third-order valence-corrected chi connectivity index (χ3v) is 0.607. The predicted molar refractivity (Wildman–Crippen MR) is 25.3 cm³/mol. The zero-order valence-corrected chi connectivity index (χ0v) is 5.77. The predicted octanol–water partition coefficient (Wildman–Crippen LogP) is 1.48. The van der Waals surface area contributed by atoms with Crippen LogP contribution in [-0.4, -0.2) is 0 Å². The van der Waals surface area contributed by atoms with E-state index in [0.717, 1.165) is 0 Å². The first-order chi connectivity index (χ1) is 3.00. The van der Waals surface area contributed by atoms with E-state index in [2.05, 4.69) is 6.07 Å². The van der Waals surface area contributed by atoms with E-state index in [1.54, 1.807) is 0 Å². The van der Waals surface area contributed by atoms with E-state index in [4.69, 9.17) is 0 Å². The fourth-order valence-corrected chi connectivity index (χ4v) is 0.342. The van der Waals surface area contributed by atoms with Crippen molar-refractivity contribution < 1.29 is 25.8 Å². The molecule has 0 spiro atoms. The van der Waals surface area contributed by atoms with Crippen molar-refractivity contribution in [3.63, 3.8) is 0 Å². The molecule has 0 N–H and O–H groups in total. The minimum absolute atomic E-state index is 0. The van der Waals surface area contributed by atoms with Crippen LogP contribution in [-0.2, 0) is 25.8 Å². The molecule has 0 atom stereocenters. The van der Waals surface area contributed by atoms with Gasteiger partial charge in [0.25, 0.3) is 0 Å². The van der Waals surface area contributed by atoms with E-state index in [-0.39, 0.29) is 25.8 Å². The molecule has 1 radical (unpaired) electrons. The minimum Gasteiger partial charge on any atom is -0.184 e. The van der Waals surface area contributed by atoms with Crippen LogP contribution >= 0.6 is 0 Å². The maximum absolute atomic E-state index is 2.89. The van der Waals surface area contributed by atoms with Gasteiger partial charge in [0.1, 0.15) is 0 Å². The molecule has 7 heavy (non-hydrogen) atoms. The van der Waals surface area contributed by atoms with Gasteiger partial charge in [-0.25, -0.2) is 0 Å². The second-order valence-corrected chi connectivity index (χ2v) is 1.08. The van der Waals surface area contributed by atoms with Gasteiger partial charge >= 0.3 is 0 Å². The third-order valence-electron chi connectivity index (χ3n) is 0.607. The summed E-state index contributed by atoms with van der Waals surface area (Å²) in [6, 6.07) is 12.5. The van der Waals surface area contributed by atoms with Crippen LogP contribution in [0.25, 0.3) is 0 Å². The molecule has 0 aromatic heterocycles. The average Bonchev–Trinajstić information content (AvgIpc) is 1.72. The van der Waals surface area contributed by atoms with E-state index in [1.165, 1.54) is 0 Å². The standard InChI is InChI=1S/C6H5.Sc/c1-2-4-6-5-3-1;/h1-5H;/q-1;. The van der Waals surface area contributed by atoms with Crippen molar-refractivity contribution in [2.75, 3.05) is 0 Å². The molecule has 0 aliphatic rings. The molecule has 0 heterocycles. The van der Waals surface area contributed by atoms with Gasteiger partial charge in [-0.05, 0) is 0 Å². The molecule has 0 aliphatic carbocycles. The molecule has 1 aromatic carbocycles. The number of hydrogen-bond acceptors (Lipinski definition) is 0. The average molecular weight is 122 g/mol. The molecule has 0 bridgehead atoms. The Hall–Kier alpha value is 0.0901. The largest absolute Gasteiger partial charge is 0.184 e.